The van der Waals surface area contributed by atoms with Crippen LogP contribution in [0.3, 0.4) is 0 Å². The summed E-state index contributed by atoms with van der Waals surface area (Å²) in [5, 5.41) is 13.7. The summed E-state index contributed by atoms with van der Waals surface area (Å²) in [4.78, 5) is 12.6. The number of rotatable bonds is 4. The summed E-state index contributed by atoms with van der Waals surface area (Å²) in [5.41, 5.74) is 1.76. The molecule has 1 aliphatic rings. The highest BCUT2D eigenvalue weighted by atomic mass is 35.5. The Morgan fingerprint density at radius 2 is 1.45 bits per heavy atom. The average Bonchev–Trinajstić information content (AvgIpc) is 3.12. The van der Waals surface area contributed by atoms with Crippen molar-refractivity contribution in [3.8, 4) is 0 Å². The third-order valence-electron chi connectivity index (χ3n) is 5.47. The van der Waals surface area contributed by atoms with E-state index in [2.05, 4.69) is 0 Å². The van der Waals surface area contributed by atoms with Crippen LogP contribution in [0.25, 0.3) is 21.8 Å². The summed E-state index contributed by atoms with van der Waals surface area (Å²) in [6.45, 7) is -0.267. The van der Waals surface area contributed by atoms with Gasteiger partial charge in [0.25, 0.3) is 15.9 Å². The minimum atomic E-state index is -3.99. The number of halogens is 2. The molecular weight excluding hydrogens is 459 g/mol. The second kappa shape index (κ2) is 7.24. The van der Waals surface area contributed by atoms with Crippen LogP contribution in [0.1, 0.15) is 10.4 Å². The van der Waals surface area contributed by atoms with Gasteiger partial charge < -0.3 is 9.67 Å². The highest BCUT2D eigenvalue weighted by Crippen LogP contribution is 2.34. The minimum Gasteiger partial charge on any atom is -0.389 e. The lowest BCUT2D eigenvalue weighted by Gasteiger charge is -2.20. The monoisotopic (exact) mass is 474 g/mol. The van der Waals surface area contributed by atoms with Gasteiger partial charge in [-0.3, -0.25) is 4.79 Å². The molecule has 9 heteroatoms. The van der Waals surface area contributed by atoms with Crippen molar-refractivity contribution in [3.05, 3.63) is 76.3 Å². The van der Waals surface area contributed by atoms with E-state index >= 15 is 0 Å². The van der Waals surface area contributed by atoms with Gasteiger partial charge in [0.15, 0.2) is 0 Å². The van der Waals surface area contributed by atoms with E-state index in [1.807, 2.05) is 28.8 Å². The molecule has 1 unspecified atom stereocenters. The van der Waals surface area contributed by atoms with Crippen LogP contribution in [0.2, 0.25) is 10.0 Å². The molecule has 2 heterocycles. The molecular formula is C22H16Cl2N2O4S. The first-order valence-electron chi connectivity index (χ1n) is 9.48. The Hall–Kier alpha value is -2.58. The van der Waals surface area contributed by atoms with Gasteiger partial charge >= 0.3 is 0 Å². The molecule has 0 fully saturated rings. The predicted molar refractivity (Wildman–Crippen MR) is 120 cm³/mol. The number of aromatic nitrogens is 1. The molecule has 0 radical (unpaired) electrons. The van der Waals surface area contributed by atoms with Gasteiger partial charge in [0.1, 0.15) is 4.90 Å². The number of benzene rings is 3. The van der Waals surface area contributed by atoms with Crippen molar-refractivity contribution in [1.29, 1.82) is 0 Å². The number of sulfonamides is 1. The number of hydrogen-bond acceptors (Lipinski definition) is 4. The van der Waals surface area contributed by atoms with Crippen LogP contribution in [0.5, 0.6) is 0 Å². The Morgan fingerprint density at radius 3 is 2.03 bits per heavy atom. The molecule has 0 saturated carbocycles. The fourth-order valence-corrected chi connectivity index (χ4v) is 6.07. The molecule has 3 aromatic carbocycles. The number of fused-ring (bicyclic) bond motifs is 4. The van der Waals surface area contributed by atoms with Crippen LogP contribution in [0, 0.1) is 0 Å². The number of amides is 1. The summed E-state index contributed by atoms with van der Waals surface area (Å²) < 4.78 is 28.2. The number of carbonyl (C=O) groups excluding carboxylic acids is 1. The van der Waals surface area contributed by atoms with Gasteiger partial charge in [0, 0.05) is 31.9 Å². The van der Waals surface area contributed by atoms with E-state index in [0.717, 1.165) is 26.1 Å². The van der Waals surface area contributed by atoms with Crippen LogP contribution >= 0.6 is 23.2 Å². The van der Waals surface area contributed by atoms with E-state index in [1.165, 1.54) is 12.1 Å². The molecule has 31 heavy (non-hydrogen) atoms. The van der Waals surface area contributed by atoms with E-state index in [1.54, 1.807) is 24.3 Å². The van der Waals surface area contributed by atoms with Crippen molar-refractivity contribution in [2.24, 2.45) is 0 Å². The number of aliphatic hydroxyl groups excluding tert-OH is 1. The maximum atomic E-state index is 12.8. The molecule has 1 N–H and O–H groups in total. The van der Waals surface area contributed by atoms with E-state index < -0.39 is 22.0 Å². The van der Waals surface area contributed by atoms with Crippen LogP contribution < -0.4 is 0 Å². The molecule has 0 spiro atoms. The summed E-state index contributed by atoms with van der Waals surface area (Å²) >= 11 is 12.4. The zero-order valence-corrected chi connectivity index (χ0v) is 18.3. The first-order valence-corrected chi connectivity index (χ1v) is 11.7. The Labute approximate surface area is 188 Å². The summed E-state index contributed by atoms with van der Waals surface area (Å²) in [5.74, 6) is -0.629. The lowest BCUT2D eigenvalue weighted by Crippen LogP contribution is -2.38. The number of carbonyl (C=O) groups is 1. The minimum absolute atomic E-state index is 0.0339. The quantitative estimate of drug-likeness (QED) is 0.477. The van der Waals surface area contributed by atoms with Crippen molar-refractivity contribution < 1.29 is 18.3 Å². The van der Waals surface area contributed by atoms with Gasteiger partial charge in [-0.2, -0.15) is 0 Å². The largest absolute Gasteiger partial charge is 0.389 e. The lowest BCUT2D eigenvalue weighted by atomic mass is 10.1. The molecule has 1 atom stereocenters. The molecule has 1 amide bonds. The Kier molecular flexibility index (Phi) is 4.75. The van der Waals surface area contributed by atoms with Crippen molar-refractivity contribution >= 4 is 60.9 Å². The molecule has 1 aliphatic heterocycles. The molecule has 6 nitrogen and oxygen atoms in total. The predicted octanol–water partition coefficient (Wildman–Crippen LogP) is 4.31. The first kappa shape index (κ1) is 20.3. The SMILES string of the molecule is O=C1c2ccccc2S(=O)(=O)N1CC(O)Cn1c2ccc(Cl)cc2c2cc(Cl)ccc21. The van der Waals surface area contributed by atoms with Gasteiger partial charge in [-0.25, -0.2) is 12.7 Å². The van der Waals surface area contributed by atoms with Gasteiger partial charge in [-0.1, -0.05) is 35.3 Å². The maximum Gasteiger partial charge on any atom is 0.269 e. The zero-order valence-electron chi connectivity index (χ0n) is 16.0. The van der Waals surface area contributed by atoms with Gasteiger partial charge in [0.05, 0.1) is 24.8 Å². The molecule has 0 bridgehead atoms. The summed E-state index contributed by atoms with van der Waals surface area (Å²) in [6.07, 6.45) is -1.13. The number of β-amino-alcohol motifs (C(OH)–C–C–N with tert-alkyl or cyclic N) is 1. The summed E-state index contributed by atoms with van der Waals surface area (Å²) in [7, 11) is -3.99. The van der Waals surface area contributed by atoms with Crippen LogP contribution in [-0.2, 0) is 16.6 Å². The van der Waals surface area contributed by atoms with Crippen LogP contribution in [-0.4, -0.2) is 41.0 Å². The molecule has 0 saturated heterocycles. The zero-order chi connectivity index (χ0) is 21.9. The fraction of sp³-hybridized carbons (Fsp3) is 0.136. The third kappa shape index (κ3) is 3.20. The number of nitrogens with zero attached hydrogens (tertiary/aromatic N) is 2. The second-order valence-electron chi connectivity index (χ2n) is 7.42. The standard InChI is InChI=1S/C22H16Cl2N2O4S/c23-13-5-7-19-17(9-13)18-10-14(24)6-8-20(18)25(19)11-15(27)12-26-22(28)16-3-1-2-4-21(16)31(26,29)30/h1-10,15,27H,11-12H2. The van der Waals surface area contributed by atoms with Gasteiger partial charge in [-0.05, 0) is 48.5 Å². The van der Waals surface area contributed by atoms with Gasteiger partial charge in [0.2, 0.25) is 0 Å². The van der Waals surface area contributed by atoms with E-state index in [9.17, 15) is 18.3 Å². The van der Waals surface area contributed by atoms with Crippen molar-refractivity contribution in [3.63, 3.8) is 0 Å². The van der Waals surface area contributed by atoms with Gasteiger partial charge in [-0.15, -0.1) is 0 Å². The summed E-state index contributed by atoms with van der Waals surface area (Å²) in [6, 6.07) is 16.9. The van der Waals surface area contributed by atoms with Crippen LogP contribution in [0.4, 0.5) is 0 Å². The Morgan fingerprint density at radius 1 is 0.871 bits per heavy atom. The first-order chi connectivity index (χ1) is 14.8. The highest BCUT2D eigenvalue weighted by Gasteiger charge is 2.41. The second-order valence-corrected chi connectivity index (χ2v) is 10.1. The smallest absolute Gasteiger partial charge is 0.269 e. The third-order valence-corrected chi connectivity index (χ3v) is 7.75. The van der Waals surface area contributed by atoms with Crippen LogP contribution in [0.15, 0.2) is 65.6 Å². The number of aliphatic hydroxyl groups is 1. The molecule has 4 aromatic rings. The fourth-order valence-electron chi connectivity index (χ4n) is 4.12. The normalized spacial score (nSPS) is 16.2. The molecule has 5 rings (SSSR count). The molecule has 158 valence electrons. The maximum absolute atomic E-state index is 12.8. The Balaban J connectivity index is 1.52. The number of hydrogen-bond donors (Lipinski definition) is 1. The molecule has 1 aromatic heterocycles. The topological polar surface area (TPSA) is 79.6 Å². The highest BCUT2D eigenvalue weighted by molar-refractivity contribution is 7.90. The Bertz CT molecular complexity index is 1420. The van der Waals surface area contributed by atoms with Crippen molar-refractivity contribution in [2.45, 2.75) is 17.5 Å². The average molecular weight is 475 g/mol. The van der Waals surface area contributed by atoms with E-state index in [-0.39, 0.29) is 23.5 Å². The van der Waals surface area contributed by atoms with Crippen molar-refractivity contribution in [2.75, 3.05) is 6.54 Å². The van der Waals surface area contributed by atoms with Crippen molar-refractivity contribution in [1.82, 2.24) is 8.87 Å². The van der Waals surface area contributed by atoms with E-state index in [4.69, 9.17) is 23.2 Å². The molecule has 0 aliphatic carbocycles. The lowest BCUT2D eigenvalue weighted by molar-refractivity contribution is 0.0774. The van der Waals surface area contributed by atoms with E-state index in [0.29, 0.717) is 10.0 Å².